The number of hydrogen-bond donors (Lipinski definition) is 2. The zero-order valence-electron chi connectivity index (χ0n) is 18.0. The molecule has 1 aromatic carbocycles. The van der Waals surface area contributed by atoms with Gasteiger partial charge in [0, 0.05) is 37.1 Å². The van der Waals surface area contributed by atoms with Crippen LogP contribution < -0.4 is 10.6 Å². The lowest BCUT2D eigenvalue weighted by Gasteiger charge is -2.32. The Hall–Kier alpha value is -3.48. The third-order valence-electron chi connectivity index (χ3n) is 5.66. The molecule has 0 aliphatic carbocycles. The van der Waals surface area contributed by atoms with Crippen LogP contribution in [0.4, 0.5) is 17.3 Å². The third kappa shape index (κ3) is 5.36. The summed E-state index contributed by atoms with van der Waals surface area (Å²) in [6.07, 6.45) is 7.04. The predicted molar refractivity (Wildman–Crippen MR) is 123 cm³/mol. The first-order valence-electron chi connectivity index (χ1n) is 10.7. The molecule has 1 saturated heterocycles. The average Bonchev–Trinajstić information content (AvgIpc) is 2.80. The highest BCUT2D eigenvalue weighted by Crippen LogP contribution is 2.27. The summed E-state index contributed by atoms with van der Waals surface area (Å²) in [6.45, 7) is 5.89. The van der Waals surface area contributed by atoms with Crippen molar-refractivity contribution in [2.75, 3.05) is 30.3 Å². The first kappa shape index (κ1) is 20.8. The molecule has 7 heteroatoms. The summed E-state index contributed by atoms with van der Waals surface area (Å²) < 4.78 is 0. The lowest BCUT2D eigenvalue weighted by Crippen LogP contribution is -2.41. The molecule has 1 aliphatic heterocycles. The molecular weight excluding hydrogens is 388 g/mol. The molecule has 3 aromatic rings. The normalized spacial score (nSPS) is 14.3. The van der Waals surface area contributed by atoms with E-state index in [0.29, 0.717) is 18.3 Å². The van der Waals surface area contributed by atoms with Crippen LogP contribution in [-0.2, 0) is 4.79 Å². The van der Waals surface area contributed by atoms with Crippen LogP contribution in [0.5, 0.6) is 0 Å². The second-order valence-electron chi connectivity index (χ2n) is 8.00. The molecule has 1 fully saturated rings. The van der Waals surface area contributed by atoms with Gasteiger partial charge >= 0.3 is 0 Å². The molecule has 2 aromatic heterocycles. The molecule has 3 heterocycles. The van der Waals surface area contributed by atoms with E-state index in [1.165, 1.54) is 5.56 Å². The molecule has 1 amide bonds. The van der Waals surface area contributed by atoms with Gasteiger partial charge in [-0.25, -0.2) is 9.97 Å². The van der Waals surface area contributed by atoms with E-state index in [9.17, 15) is 4.79 Å². The minimum atomic E-state index is 0.135. The van der Waals surface area contributed by atoms with Crippen LogP contribution in [0.2, 0.25) is 0 Å². The Morgan fingerprint density at radius 1 is 1.10 bits per heavy atom. The van der Waals surface area contributed by atoms with Crippen molar-refractivity contribution < 1.29 is 4.79 Å². The van der Waals surface area contributed by atoms with Gasteiger partial charge in [0.15, 0.2) is 0 Å². The van der Waals surface area contributed by atoms with Gasteiger partial charge in [-0.1, -0.05) is 18.2 Å². The summed E-state index contributed by atoms with van der Waals surface area (Å²) in [5, 5.41) is 6.49. The molecule has 7 nitrogen and oxygen atoms in total. The van der Waals surface area contributed by atoms with Crippen LogP contribution in [0, 0.1) is 13.8 Å². The van der Waals surface area contributed by atoms with Gasteiger partial charge in [-0.15, -0.1) is 0 Å². The first-order valence-corrected chi connectivity index (χ1v) is 10.7. The van der Waals surface area contributed by atoms with E-state index in [2.05, 4.69) is 52.6 Å². The molecule has 160 valence electrons. The topological polar surface area (TPSA) is 83.0 Å². The Bertz CT molecular complexity index is 1030. The van der Waals surface area contributed by atoms with Gasteiger partial charge in [-0.2, -0.15) is 0 Å². The van der Waals surface area contributed by atoms with Crippen LogP contribution >= 0.6 is 0 Å². The van der Waals surface area contributed by atoms with Gasteiger partial charge in [0.25, 0.3) is 0 Å². The van der Waals surface area contributed by atoms with E-state index >= 15 is 0 Å². The van der Waals surface area contributed by atoms with Crippen LogP contribution in [0.25, 0.3) is 0 Å². The number of benzene rings is 1. The fraction of sp³-hybridized carbons (Fsp3) is 0.333. The SMILES string of the molecule is Cc1ccc(C)c(NCC(=O)N2CCC(c3cncc(Nc4ccccn4)n3)CC2)c1. The van der Waals surface area contributed by atoms with Gasteiger partial charge in [0.05, 0.1) is 18.4 Å². The minimum absolute atomic E-state index is 0.135. The fourth-order valence-corrected chi connectivity index (χ4v) is 3.84. The number of aromatic nitrogens is 3. The molecule has 0 atom stereocenters. The second-order valence-corrected chi connectivity index (χ2v) is 8.00. The number of anilines is 3. The number of rotatable bonds is 6. The number of carbonyl (C=O) groups is 1. The summed E-state index contributed by atoms with van der Waals surface area (Å²) in [5.74, 6) is 1.86. The maximum absolute atomic E-state index is 12.7. The molecule has 0 saturated carbocycles. The monoisotopic (exact) mass is 416 g/mol. The van der Waals surface area contributed by atoms with Crippen LogP contribution in [-0.4, -0.2) is 45.4 Å². The van der Waals surface area contributed by atoms with Gasteiger partial charge in [-0.05, 0) is 56.0 Å². The van der Waals surface area contributed by atoms with Crippen molar-refractivity contribution in [2.45, 2.75) is 32.6 Å². The largest absolute Gasteiger partial charge is 0.376 e. The van der Waals surface area contributed by atoms with Crippen molar-refractivity contribution >= 4 is 23.2 Å². The first-order chi connectivity index (χ1) is 15.1. The van der Waals surface area contributed by atoms with E-state index < -0.39 is 0 Å². The number of aryl methyl sites for hydroxylation is 2. The Morgan fingerprint density at radius 2 is 1.94 bits per heavy atom. The molecule has 2 N–H and O–H groups in total. The molecule has 0 radical (unpaired) electrons. The number of nitrogens with zero attached hydrogens (tertiary/aromatic N) is 4. The Morgan fingerprint density at radius 3 is 2.71 bits per heavy atom. The number of nitrogens with one attached hydrogen (secondary N) is 2. The fourth-order valence-electron chi connectivity index (χ4n) is 3.84. The zero-order valence-corrected chi connectivity index (χ0v) is 18.0. The van der Waals surface area contributed by atoms with Crippen LogP contribution in [0.15, 0.2) is 55.0 Å². The number of piperidine rings is 1. The highest BCUT2D eigenvalue weighted by molar-refractivity contribution is 5.81. The minimum Gasteiger partial charge on any atom is -0.376 e. The number of likely N-dealkylation sites (tertiary alicyclic amines) is 1. The summed E-state index contributed by atoms with van der Waals surface area (Å²) in [5.41, 5.74) is 4.31. The van der Waals surface area contributed by atoms with E-state index in [1.807, 2.05) is 29.3 Å². The summed E-state index contributed by atoms with van der Waals surface area (Å²) in [6, 6.07) is 11.9. The summed E-state index contributed by atoms with van der Waals surface area (Å²) in [4.78, 5) is 28.0. The lowest BCUT2D eigenvalue weighted by atomic mass is 9.93. The number of carbonyl (C=O) groups excluding carboxylic acids is 1. The number of amides is 1. The van der Waals surface area contributed by atoms with Crippen molar-refractivity contribution in [1.82, 2.24) is 19.9 Å². The van der Waals surface area contributed by atoms with Crippen molar-refractivity contribution in [3.05, 3.63) is 71.8 Å². The molecule has 1 aliphatic rings. The van der Waals surface area contributed by atoms with Gasteiger partial charge in [-0.3, -0.25) is 9.78 Å². The predicted octanol–water partition coefficient (Wildman–Crippen LogP) is 4.05. The number of pyridine rings is 1. The van der Waals surface area contributed by atoms with Gasteiger partial charge in [0.1, 0.15) is 11.6 Å². The quantitative estimate of drug-likeness (QED) is 0.631. The van der Waals surface area contributed by atoms with E-state index in [0.717, 1.165) is 48.7 Å². The molecule has 31 heavy (non-hydrogen) atoms. The van der Waals surface area contributed by atoms with E-state index in [4.69, 9.17) is 4.98 Å². The van der Waals surface area contributed by atoms with Crippen molar-refractivity contribution in [2.24, 2.45) is 0 Å². The third-order valence-corrected chi connectivity index (χ3v) is 5.66. The van der Waals surface area contributed by atoms with Gasteiger partial charge in [0.2, 0.25) is 5.91 Å². The van der Waals surface area contributed by atoms with Gasteiger partial charge < -0.3 is 15.5 Å². The van der Waals surface area contributed by atoms with Crippen molar-refractivity contribution in [3.8, 4) is 0 Å². The Balaban J connectivity index is 1.30. The van der Waals surface area contributed by atoms with E-state index in [1.54, 1.807) is 12.4 Å². The zero-order chi connectivity index (χ0) is 21.6. The Labute approximate surface area is 183 Å². The average molecular weight is 417 g/mol. The Kier molecular flexibility index (Phi) is 6.40. The second kappa shape index (κ2) is 9.55. The van der Waals surface area contributed by atoms with Crippen LogP contribution in [0.1, 0.15) is 35.6 Å². The molecule has 0 spiro atoms. The summed E-state index contributed by atoms with van der Waals surface area (Å²) in [7, 11) is 0. The molecule has 0 unspecified atom stereocenters. The van der Waals surface area contributed by atoms with Crippen LogP contribution in [0.3, 0.4) is 0 Å². The number of hydrogen-bond acceptors (Lipinski definition) is 6. The van der Waals surface area contributed by atoms with Crippen molar-refractivity contribution in [3.63, 3.8) is 0 Å². The highest BCUT2D eigenvalue weighted by atomic mass is 16.2. The molecule has 0 bridgehead atoms. The summed E-state index contributed by atoms with van der Waals surface area (Å²) >= 11 is 0. The van der Waals surface area contributed by atoms with Crippen molar-refractivity contribution in [1.29, 1.82) is 0 Å². The molecule has 4 rings (SSSR count). The standard InChI is InChI=1S/C24H28N6O/c1-17-6-7-18(2)20(13-17)27-16-24(31)30-11-8-19(9-12-30)21-14-25-15-23(28-21)29-22-5-3-4-10-26-22/h3-7,10,13-15,19,27H,8-9,11-12,16H2,1-2H3,(H,26,28,29). The molecular formula is C24H28N6O. The maximum atomic E-state index is 12.7. The highest BCUT2D eigenvalue weighted by Gasteiger charge is 2.25. The maximum Gasteiger partial charge on any atom is 0.241 e. The smallest absolute Gasteiger partial charge is 0.241 e. The van der Waals surface area contributed by atoms with E-state index in [-0.39, 0.29) is 5.91 Å². The lowest BCUT2D eigenvalue weighted by molar-refractivity contribution is -0.130.